The lowest BCUT2D eigenvalue weighted by molar-refractivity contribution is 1.27. The maximum absolute atomic E-state index is 5.47. The summed E-state index contributed by atoms with van der Waals surface area (Å²) in [5, 5.41) is 0. The van der Waals surface area contributed by atoms with Gasteiger partial charge in [0.25, 0.3) is 0 Å². The zero-order valence-electron chi connectivity index (χ0n) is 6.53. The van der Waals surface area contributed by atoms with Crippen LogP contribution in [-0.2, 0) is 0 Å². The van der Waals surface area contributed by atoms with Gasteiger partial charge in [-0.3, -0.25) is 0 Å². The van der Waals surface area contributed by atoms with Gasteiger partial charge in [-0.25, -0.2) is 4.98 Å². The summed E-state index contributed by atoms with van der Waals surface area (Å²) in [5.41, 5.74) is 7.03. The number of fused-ring (bicyclic) bond motifs is 1. The number of aromatic nitrogens is 3. The summed E-state index contributed by atoms with van der Waals surface area (Å²) in [6.07, 6.45) is 3.79. The molecule has 2 heterocycles. The molecule has 0 amide bonds. The average molecular weight is 180 g/mol. The zero-order chi connectivity index (χ0) is 8.55. The van der Waals surface area contributed by atoms with Gasteiger partial charge < -0.3 is 10.7 Å². The fraction of sp³-hybridized carbons (Fsp3) is 0.143. The molecule has 62 valence electrons. The summed E-state index contributed by atoms with van der Waals surface area (Å²) in [4.78, 5) is 12.1. The third-order valence-corrected chi connectivity index (χ3v) is 2.26. The van der Waals surface area contributed by atoms with Crippen molar-refractivity contribution in [1.29, 1.82) is 0 Å². The van der Waals surface area contributed by atoms with Gasteiger partial charge in [-0.1, -0.05) is 0 Å². The molecule has 3 N–H and O–H groups in total. The number of nitrogens with zero attached hydrogens (tertiary/aromatic N) is 2. The largest absolute Gasteiger partial charge is 0.369 e. The number of hydrogen-bond donors (Lipinski definition) is 2. The van der Waals surface area contributed by atoms with E-state index in [9.17, 15) is 0 Å². The Bertz CT molecular complexity index is 409. The molecule has 0 aliphatic heterocycles. The van der Waals surface area contributed by atoms with Crippen LogP contribution in [0.3, 0.4) is 0 Å². The molecule has 5 heteroatoms. The number of aromatic amines is 1. The molecule has 0 fully saturated rings. The SMILES string of the molecule is CSc1cnc2nc(N)[nH]c2c1. The van der Waals surface area contributed by atoms with E-state index in [-0.39, 0.29) is 0 Å². The molecule has 2 aromatic heterocycles. The van der Waals surface area contributed by atoms with Crippen molar-refractivity contribution >= 4 is 28.9 Å². The van der Waals surface area contributed by atoms with Crippen LogP contribution < -0.4 is 5.73 Å². The summed E-state index contributed by atoms with van der Waals surface area (Å²) >= 11 is 1.64. The zero-order valence-corrected chi connectivity index (χ0v) is 7.35. The summed E-state index contributed by atoms with van der Waals surface area (Å²) in [6.45, 7) is 0. The third kappa shape index (κ3) is 1.12. The Morgan fingerprint density at radius 3 is 3.17 bits per heavy atom. The monoisotopic (exact) mass is 180 g/mol. The van der Waals surface area contributed by atoms with Gasteiger partial charge in [-0.15, -0.1) is 11.8 Å². The molecule has 0 bridgehead atoms. The maximum atomic E-state index is 5.47. The van der Waals surface area contributed by atoms with Gasteiger partial charge in [0.15, 0.2) is 11.6 Å². The van der Waals surface area contributed by atoms with Gasteiger partial charge in [-0.05, 0) is 12.3 Å². The molecule has 0 saturated heterocycles. The van der Waals surface area contributed by atoms with E-state index in [1.165, 1.54) is 0 Å². The molecule has 0 unspecified atom stereocenters. The molecule has 0 spiro atoms. The Labute approximate surface area is 73.6 Å². The van der Waals surface area contributed by atoms with Crippen molar-refractivity contribution in [2.45, 2.75) is 4.90 Å². The third-order valence-electron chi connectivity index (χ3n) is 1.57. The molecule has 0 radical (unpaired) electrons. The predicted octanol–water partition coefficient (Wildman–Crippen LogP) is 1.26. The highest BCUT2D eigenvalue weighted by atomic mass is 32.2. The smallest absolute Gasteiger partial charge is 0.200 e. The van der Waals surface area contributed by atoms with Gasteiger partial charge >= 0.3 is 0 Å². The van der Waals surface area contributed by atoms with Gasteiger partial charge in [0, 0.05) is 11.1 Å². The number of nitrogen functional groups attached to an aromatic ring is 1. The number of anilines is 1. The van der Waals surface area contributed by atoms with Gasteiger partial charge in [-0.2, -0.15) is 4.98 Å². The minimum atomic E-state index is 0.413. The highest BCUT2D eigenvalue weighted by Gasteiger charge is 2.00. The molecule has 0 aromatic carbocycles. The lowest BCUT2D eigenvalue weighted by atomic mass is 10.4. The second kappa shape index (κ2) is 2.67. The molecule has 4 nitrogen and oxygen atoms in total. The number of nitrogens with one attached hydrogen (secondary N) is 1. The van der Waals surface area contributed by atoms with E-state index < -0.39 is 0 Å². The van der Waals surface area contributed by atoms with Gasteiger partial charge in [0.05, 0.1) is 5.52 Å². The van der Waals surface area contributed by atoms with Crippen LogP contribution >= 0.6 is 11.8 Å². The molecule has 0 saturated carbocycles. The van der Waals surface area contributed by atoms with Gasteiger partial charge in [0.1, 0.15) is 0 Å². The van der Waals surface area contributed by atoms with Crippen molar-refractivity contribution in [2.75, 3.05) is 12.0 Å². The summed E-state index contributed by atoms with van der Waals surface area (Å²) in [6, 6.07) is 1.98. The normalized spacial score (nSPS) is 10.8. The first-order valence-electron chi connectivity index (χ1n) is 3.45. The molecule has 12 heavy (non-hydrogen) atoms. The summed E-state index contributed by atoms with van der Waals surface area (Å²) in [7, 11) is 0. The van der Waals surface area contributed by atoms with E-state index in [0.717, 1.165) is 10.4 Å². The van der Waals surface area contributed by atoms with Crippen LogP contribution in [-0.4, -0.2) is 21.2 Å². The highest BCUT2D eigenvalue weighted by molar-refractivity contribution is 7.98. The highest BCUT2D eigenvalue weighted by Crippen LogP contribution is 2.18. The maximum Gasteiger partial charge on any atom is 0.200 e. The minimum absolute atomic E-state index is 0.413. The number of H-pyrrole nitrogens is 1. The Morgan fingerprint density at radius 2 is 2.42 bits per heavy atom. The van der Waals surface area contributed by atoms with E-state index in [4.69, 9.17) is 5.73 Å². The van der Waals surface area contributed by atoms with Crippen molar-refractivity contribution in [1.82, 2.24) is 15.0 Å². The average Bonchev–Trinajstić information content (AvgIpc) is 2.43. The van der Waals surface area contributed by atoms with Crippen LogP contribution in [0.2, 0.25) is 0 Å². The Hall–Kier alpha value is -1.23. The van der Waals surface area contributed by atoms with E-state index in [1.807, 2.05) is 12.3 Å². The van der Waals surface area contributed by atoms with E-state index in [1.54, 1.807) is 18.0 Å². The fourth-order valence-corrected chi connectivity index (χ4v) is 1.40. The quantitative estimate of drug-likeness (QED) is 0.648. The van der Waals surface area contributed by atoms with Crippen LogP contribution in [0.15, 0.2) is 17.2 Å². The number of imidazole rings is 1. The van der Waals surface area contributed by atoms with Crippen molar-refractivity contribution in [3.05, 3.63) is 12.3 Å². The van der Waals surface area contributed by atoms with Crippen LogP contribution in [0.1, 0.15) is 0 Å². The first-order chi connectivity index (χ1) is 5.79. The van der Waals surface area contributed by atoms with E-state index in [0.29, 0.717) is 11.6 Å². The molecule has 0 atom stereocenters. The van der Waals surface area contributed by atoms with Crippen molar-refractivity contribution < 1.29 is 0 Å². The lowest BCUT2D eigenvalue weighted by Gasteiger charge is -1.92. The lowest BCUT2D eigenvalue weighted by Crippen LogP contribution is -1.84. The van der Waals surface area contributed by atoms with Crippen molar-refractivity contribution in [3.63, 3.8) is 0 Å². The summed E-state index contributed by atoms with van der Waals surface area (Å²) in [5.74, 6) is 0.413. The Morgan fingerprint density at radius 1 is 1.58 bits per heavy atom. The van der Waals surface area contributed by atoms with Crippen molar-refractivity contribution in [2.24, 2.45) is 0 Å². The van der Waals surface area contributed by atoms with E-state index >= 15 is 0 Å². The van der Waals surface area contributed by atoms with Crippen LogP contribution in [0, 0.1) is 0 Å². The van der Waals surface area contributed by atoms with Crippen LogP contribution in [0.5, 0.6) is 0 Å². The molecule has 2 aromatic rings. The number of thioether (sulfide) groups is 1. The topological polar surface area (TPSA) is 67.6 Å². The van der Waals surface area contributed by atoms with E-state index in [2.05, 4.69) is 15.0 Å². The Kier molecular flexibility index (Phi) is 1.65. The molecular formula is C7H8N4S. The first-order valence-corrected chi connectivity index (χ1v) is 4.67. The number of nitrogens with two attached hydrogens (primary N) is 1. The molecular weight excluding hydrogens is 172 g/mol. The molecule has 2 rings (SSSR count). The second-order valence-corrected chi connectivity index (χ2v) is 3.25. The standard InChI is InChI=1S/C7H8N4S/c1-12-4-2-5-6(9-3-4)11-7(8)10-5/h2-3H,1H3,(H3,8,9,10,11). The van der Waals surface area contributed by atoms with Crippen LogP contribution in [0.25, 0.3) is 11.2 Å². The van der Waals surface area contributed by atoms with Gasteiger partial charge in [0.2, 0.25) is 0 Å². The summed E-state index contributed by atoms with van der Waals surface area (Å²) < 4.78 is 0. The first kappa shape index (κ1) is 7.42. The number of rotatable bonds is 1. The Balaban J connectivity index is 2.66. The molecule has 0 aliphatic rings. The van der Waals surface area contributed by atoms with Crippen molar-refractivity contribution in [3.8, 4) is 0 Å². The van der Waals surface area contributed by atoms with Crippen LogP contribution in [0.4, 0.5) is 5.95 Å². The molecule has 0 aliphatic carbocycles. The fourth-order valence-electron chi connectivity index (χ4n) is 1.01. The predicted molar refractivity (Wildman–Crippen MR) is 50.1 cm³/mol. The second-order valence-electron chi connectivity index (χ2n) is 2.37. The minimum Gasteiger partial charge on any atom is -0.369 e. The number of pyridine rings is 1. The number of hydrogen-bond acceptors (Lipinski definition) is 4.